The number of nitrogens with zero attached hydrogens (tertiary/aromatic N) is 3. The molecule has 1 saturated heterocycles. The zero-order valence-corrected chi connectivity index (χ0v) is 15.1. The highest BCUT2D eigenvalue weighted by Crippen LogP contribution is 2.43. The Labute approximate surface area is 145 Å². The van der Waals surface area contributed by atoms with E-state index in [1.807, 2.05) is 13.8 Å². The van der Waals surface area contributed by atoms with Crippen LogP contribution in [0.2, 0.25) is 0 Å². The van der Waals surface area contributed by atoms with Gasteiger partial charge in [0.15, 0.2) is 0 Å². The lowest BCUT2D eigenvalue weighted by atomic mass is 9.78. The predicted octanol–water partition coefficient (Wildman–Crippen LogP) is 1.77. The summed E-state index contributed by atoms with van der Waals surface area (Å²) >= 11 is 0. The van der Waals surface area contributed by atoms with Crippen molar-refractivity contribution < 1.29 is 29.5 Å². The van der Waals surface area contributed by atoms with Crippen LogP contribution in [0.4, 0.5) is 0 Å². The first kappa shape index (κ1) is 20.9. The Hall–Kier alpha value is -2.17. The average Bonchev–Trinajstić information content (AvgIpc) is 2.51. The Bertz CT molecular complexity index is 522. The molecule has 0 saturated carbocycles. The van der Waals surface area contributed by atoms with Crippen LogP contribution < -0.4 is 0 Å². The molecular formula is C14H25N3O8. The molecular weight excluding hydrogens is 338 g/mol. The van der Waals surface area contributed by atoms with Crippen molar-refractivity contribution in [3.05, 3.63) is 20.2 Å². The molecule has 2 atom stereocenters. The van der Waals surface area contributed by atoms with Crippen molar-refractivity contribution >= 4 is 5.97 Å². The second kappa shape index (κ2) is 7.81. The van der Waals surface area contributed by atoms with Crippen molar-refractivity contribution in [2.24, 2.45) is 11.8 Å². The van der Waals surface area contributed by atoms with Gasteiger partial charge in [-0.2, -0.15) is 0 Å². The molecule has 0 amide bonds. The van der Waals surface area contributed by atoms with E-state index in [1.54, 1.807) is 13.8 Å². The number of carbonyl (C=O) groups is 1. The smallest absolute Gasteiger partial charge is 0.322 e. The number of carbonyl (C=O) groups excluding carboxylic acids is 1. The average molecular weight is 363 g/mol. The minimum Gasteiger partial charge on any atom is -0.367 e. The van der Waals surface area contributed by atoms with Gasteiger partial charge in [0.2, 0.25) is 0 Å². The second-order valence-electron chi connectivity index (χ2n) is 7.29. The van der Waals surface area contributed by atoms with Crippen LogP contribution in [0.1, 0.15) is 47.5 Å². The Morgan fingerprint density at radius 3 is 2.12 bits per heavy atom. The van der Waals surface area contributed by atoms with Gasteiger partial charge in [-0.1, -0.05) is 0 Å². The molecule has 0 spiro atoms. The van der Waals surface area contributed by atoms with Crippen molar-refractivity contribution in [1.82, 2.24) is 5.06 Å². The van der Waals surface area contributed by atoms with Crippen LogP contribution in [0, 0.1) is 32.1 Å². The fourth-order valence-corrected chi connectivity index (χ4v) is 3.56. The van der Waals surface area contributed by atoms with Crippen molar-refractivity contribution in [2.45, 2.75) is 58.5 Å². The summed E-state index contributed by atoms with van der Waals surface area (Å²) in [7, 11) is 0. The van der Waals surface area contributed by atoms with Crippen LogP contribution in [0.25, 0.3) is 0 Å². The first-order chi connectivity index (χ1) is 11.4. The van der Waals surface area contributed by atoms with E-state index >= 15 is 0 Å². The van der Waals surface area contributed by atoms with Crippen LogP contribution in [0.3, 0.4) is 0 Å². The van der Waals surface area contributed by atoms with Crippen LogP contribution in [-0.2, 0) is 19.3 Å². The lowest BCUT2D eigenvalue weighted by molar-refractivity contribution is -0.764. The van der Waals surface area contributed by atoms with Gasteiger partial charge in [0.25, 0.3) is 10.2 Å². The summed E-state index contributed by atoms with van der Waals surface area (Å²) in [6.45, 7) is 8.03. The van der Waals surface area contributed by atoms with Gasteiger partial charge >= 0.3 is 5.97 Å². The molecule has 144 valence electrons. The number of rotatable bonds is 7. The Balaban J connectivity index is 3.21. The lowest BCUT2D eigenvalue weighted by Gasteiger charge is -2.47. The number of hydrogen-bond acceptors (Lipinski definition) is 9. The molecule has 1 aliphatic rings. The summed E-state index contributed by atoms with van der Waals surface area (Å²) in [5.74, 6) is -1.45. The summed E-state index contributed by atoms with van der Waals surface area (Å²) < 4.78 is 0. The van der Waals surface area contributed by atoms with Crippen LogP contribution in [0.15, 0.2) is 0 Å². The molecule has 1 aliphatic heterocycles. The predicted molar refractivity (Wildman–Crippen MR) is 83.9 cm³/mol. The van der Waals surface area contributed by atoms with Gasteiger partial charge < -0.3 is 14.5 Å². The first-order valence-electron chi connectivity index (χ1n) is 7.91. The standard InChI is InChI=1S/C14H25N3O8/c1-10(18)25-15-13(2,3)7-6-11(8-23-16(19)20)12(14(15,4)5)9-24-17(21)22/h11-12H,6-9H2,1-5H3. The van der Waals surface area contributed by atoms with E-state index in [-0.39, 0.29) is 19.1 Å². The van der Waals surface area contributed by atoms with Crippen molar-refractivity contribution in [3.63, 3.8) is 0 Å². The molecule has 0 aromatic rings. The number of hydroxylamine groups is 2. The zero-order chi connectivity index (χ0) is 19.4. The van der Waals surface area contributed by atoms with E-state index < -0.39 is 33.1 Å². The fourth-order valence-electron chi connectivity index (χ4n) is 3.56. The van der Waals surface area contributed by atoms with E-state index in [9.17, 15) is 25.0 Å². The summed E-state index contributed by atoms with van der Waals surface area (Å²) in [6.07, 6.45) is 1.04. The normalized spacial score (nSPS) is 25.5. The quantitative estimate of drug-likeness (QED) is 0.489. The minimum absolute atomic E-state index is 0.216. The summed E-state index contributed by atoms with van der Waals surface area (Å²) in [6, 6.07) is 0. The molecule has 0 radical (unpaired) electrons. The number of hydrogen-bond donors (Lipinski definition) is 0. The van der Waals surface area contributed by atoms with Crippen LogP contribution in [-0.4, -0.2) is 45.5 Å². The minimum atomic E-state index is -0.909. The highest BCUT2D eigenvalue weighted by atomic mass is 17.0. The molecule has 2 unspecified atom stereocenters. The molecule has 11 nitrogen and oxygen atoms in total. The third-order valence-corrected chi connectivity index (χ3v) is 4.65. The van der Waals surface area contributed by atoms with Crippen molar-refractivity contribution in [3.8, 4) is 0 Å². The molecule has 25 heavy (non-hydrogen) atoms. The second-order valence-corrected chi connectivity index (χ2v) is 7.29. The molecule has 1 fully saturated rings. The van der Waals surface area contributed by atoms with Crippen molar-refractivity contribution in [2.75, 3.05) is 13.2 Å². The van der Waals surface area contributed by atoms with Gasteiger partial charge in [0, 0.05) is 12.8 Å². The molecule has 0 N–H and O–H groups in total. The van der Waals surface area contributed by atoms with Gasteiger partial charge in [-0.25, -0.2) is 0 Å². The maximum atomic E-state index is 11.6. The SMILES string of the molecule is CC(=O)ON1C(C)(C)CCC(CO[N+](=O)[O-])C(CO[N+](=O)[O-])C1(C)C. The van der Waals surface area contributed by atoms with Gasteiger partial charge in [-0.05, 0) is 46.5 Å². The Morgan fingerprint density at radius 2 is 1.64 bits per heavy atom. The monoisotopic (exact) mass is 363 g/mol. The topological polar surface area (TPSA) is 134 Å². The fraction of sp³-hybridized carbons (Fsp3) is 0.929. The van der Waals surface area contributed by atoms with Gasteiger partial charge in [-0.3, -0.25) is 4.79 Å². The third kappa shape index (κ3) is 5.41. The van der Waals surface area contributed by atoms with E-state index in [4.69, 9.17) is 4.84 Å². The summed E-state index contributed by atoms with van der Waals surface area (Å²) in [5.41, 5.74) is -1.46. The van der Waals surface area contributed by atoms with Gasteiger partial charge in [-0.15, -0.1) is 25.3 Å². The zero-order valence-electron chi connectivity index (χ0n) is 15.1. The molecule has 1 heterocycles. The summed E-state index contributed by atoms with van der Waals surface area (Å²) in [5, 5.41) is 20.9. The Kier molecular flexibility index (Phi) is 6.52. The van der Waals surface area contributed by atoms with Crippen LogP contribution >= 0.6 is 0 Å². The van der Waals surface area contributed by atoms with E-state index in [0.717, 1.165) is 0 Å². The molecule has 0 aromatic carbocycles. The van der Waals surface area contributed by atoms with Crippen molar-refractivity contribution in [1.29, 1.82) is 0 Å². The first-order valence-corrected chi connectivity index (χ1v) is 7.91. The highest BCUT2D eigenvalue weighted by Gasteiger charge is 2.51. The van der Waals surface area contributed by atoms with E-state index in [2.05, 4.69) is 9.68 Å². The third-order valence-electron chi connectivity index (χ3n) is 4.65. The molecule has 0 bridgehead atoms. The highest BCUT2D eigenvalue weighted by molar-refractivity contribution is 5.65. The van der Waals surface area contributed by atoms with E-state index in [1.165, 1.54) is 12.0 Å². The molecule has 0 aromatic heterocycles. The van der Waals surface area contributed by atoms with Gasteiger partial charge in [0.05, 0.1) is 17.7 Å². The van der Waals surface area contributed by atoms with E-state index in [0.29, 0.717) is 12.8 Å². The molecule has 1 rings (SSSR count). The molecule has 0 aliphatic carbocycles. The van der Waals surface area contributed by atoms with Crippen LogP contribution in [0.5, 0.6) is 0 Å². The largest absolute Gasteiger partial charge is 0.367 e. The maximum Gasteiger partial charge on any atom is 0.322 e. The summed E-state index contributed by atoms with van der Waals surface area (Å²) in [4.78, 5) is 47.2. The Morgan fingerprint density at radius 1 is 1.12 bits per heavy atom. The van der Waals surface area contributed by atoms with Gasteiger partial charge in [0.1, 0.15) is 6.61 Å². The maximum absolute atomic E-state index is 11.6. The lowest BCUT2D eigenvalue weighted by Crippen LogP contribution is -2.59. The molecule has 11 heteroatoms.